The Hall–Kier alpha value is -2.00. The molecule has 0 saturated heterocycles. The molecule has 0 aliphatic carbocycles. The van der Waals surface area contributed by atoms with Crippen molar-refractivity contribution in [3.8, 4) is 5.75 Å². The number of hydrogen-bond donors (Lipinski definition) is 1. The van der Waals surface area contributed by atoms with E-state index in [1.54, 1.807) is 25.3 Å². The highest BCUT2D eigenvalue weighted by atomic mass is 35.5. The molecule has 2 aromatic rings. The smallest absolute Gasteiger partial charge is 0.234 e. The van der Waals surface area contributed by atoms with Gasteiger partial charge in [0, 0.05) is 16.3 Å². The number of carbonyl (C=O) groups excluding carboxylic acids is 1. The molecular formula is C17H18ClNO2. The SMILES string of the molecule is COc1ccccc1C(C)(C)C(=O)Nc1cccc(Cl)c1. The number of benzene rings is 2. The van der Waals surface area contributed by atoms with Gasteiger partial charge in [0.15, 0.2) is 0 Å². The Kier molecular flexibility index (Phi) is 4.53. The van der Waals surface area contributed by atoms with Gasteiger partial charge in [-0.3, -0.25) is 4.79 Å². The zero-order chi connectivity index (χ0) is 15.5. The van der Waals surface area contributed by atoms with Gasteiger partial charge >= 0.3 is 0 Å². The van der Waals surface area contributed by atoms with E-state index in [0.29, 0.717) is 16.5 Å². The van der Waals surface area contributed by atoms with Gasteiger partial charge in [-0.2, -0.15) is 0 Å². The van der Waals surface area contributed by atoms with Gasteiger partial charge in [0.25, 0.3) is 0 Å². The Morgan fingerprint density at radius 1 is 1.14 bits per heavy atom. The van der Waals surface area contributed by atoms with Crippen LogP contribution < -0.4 is 10.1 Å². The molecule has 2 rings (SSSR count). The van der Waals surface area contributed by atoms with E-state index in [1.807, 2.05) is 44.2 Å². The molecule has 0 aliphatic heterocycles. The van der Waals surface area contributed by atoms with Crippen LogP contribution in [0, 0.1) is 0 Å². The molecule has 110 valence electrons. The lowest BCUT2D eigenvalue weighted by Crippen LogP contribution is -2.35. The first-order valence-electron chi connectivity index (χ1n) is 6.65. The number of halogens is 1. The van der Waals surface area contributed by atoms with Crippen LogP contribution >= 0.6 is 11.6 Å². The number of nitrogens with one attached hydrogen (secondary N) is 1. The zero-order valence-electron chi connectivity index (χ0n) is 12.3. The Balaban J connectivity index is 2.28. The quantitative estimate of drug-likeness (QED) is 0.916. The summed E-state index contributed by atoms with van der Waals surface area (Å²) in [5.41, 5.74) is 0.789. The van der Waals surface area contributed by atoms with Crippen molar-refractivity contribution in [1.29, 1.82) is 0 Å². The Morgan fingerprint density at radius 2 is 1.86 bits per heavy atom. The van der Waals surface area contributed by atoms with Gasteiger partial charge in [-0.25, -0.2) is 0 Å². The number of hydrogen-bond acceptors (Lipinski definition) is 2. The lowest BCUT2D eigenvalue weighted by atomic mass is 9.83. The second-order valence-electron chi connectivity index (χ2n) is 5.29. The predicted molar refractivity (Wildman–Crippen MR) is 86.1 cm³/mol. The molecule has 1 N–H and O–H groups in total. The number of ether oxygens (including phenoxy) is 1. The average Bonchev–Trinajstić information content (AvgIpc) is 2.47. The van der Waals surface area contributed by atoms with Crippen molar-refractivity contribution in [2.45, 2.75) is 19.3 Å². The largest absolute Gasteiger partial charge is 0.496 e. The summed E-state index contributed by atoms with van der Waals surface area (Å²) in [4.78, 5) is 12.6. The zero-order valence-corrected chi connectivity index (χ0v) is 13.1. The van der Waals surface area contributed by atoms with Crippen LogP contribution in [0.4, 0.5) is 5.69 Å². The fraction of sp³-hybridized carbons (Fsp3) is 0.235. The molecule has 0 radical (unpaired) electrons. The lowest BCUT2D eigenvalue weighted by molar-refractivity contribution is -0.120. The van der Waals surface area contributed by atoms with Gasteiger partial charge in [-0.1, -0.05) is 35.9 Å². The number of amides is 1. The van der Waals surface area contributed by atoms with E-state index in [0.717, 1.165) is 5.56 Å². The second-order valence-corrected chi connectivity index (χ2v) is 5.73. The molecule has 4 heteroatoms. The van der Waals surface area contributed by atoms with E-state index in [4.69, 9.17) is 16.3 Å². The first-order chi connectivity index (χ1) is 9.95. The number of methoxy groups -OCH3 is 1. The molecule has 0 saturated carbocycles. The summed E-state index contributed by atoms with van der Waals surface area (Å²) in [6.45, 7) is 3.73. The van der Waals surface area contributed by atoms with Crippen molar-refractivity contribution in [2.24, 2.45) is 0 Å². The van der Waals surface area contributed by atoms with E-state index in [-0.39, 0.29) is 5.91 Å². The molecule has 0 aromatic heterocycles. The third kappa shape index (κ3) is 3.37. The average molecular weight is 304 g/mol. The summed E-state index contributed by atoms with van der Waals surface area (Å²) in [6.07, 6.45) is 0. The van der Waals surface area contributed by atoms with Gasteiger partial charge in [-0.15, -0.1) is 0 Å². The van der Waals surface area contributed by atoms with Gasteiger partial charge < -0.3 is 10.1 Å². The van der Waals surface area contributed by atoms with E-state index in [2.05, 4.69) is 5.32 Å². The van der Waals surface area contributed by atoms with E-state index < -0.39 is 5.41 Å². The number of para-hydroxylation sites is 1. The van der Waals surface area contributed by atoms with Gasteiger partial charge in [-0.05, 0) is 38.1 Å². The molecule has 0 aliphatic rings. The maximum absolute atomic E-state index is 12.6. The molecule has 0 heterocycles. The van der Waals surface area contributed by atoms with E-state index in [9.17, 15) is 4.79 Å². The highest BCUT2D eigenvalue weighted by Crippen LogP contribution is 2.32. The lowest BCUT2D eigenvalue weighted by Gasteiger charge is -2.26. The molecule has 0 bridgehead atoms. The van der Waals surface area contributed by atoms with Crippen LogP contribution in [0.5, 0.6) is 5.75 Å². The maximum Gasteiger partial charge on any atom is 0.234 e. The van der Waals surface area contributed by atoms with Crippen molar-refractivity contribution < 1.29 is 9.53 Å². The minimum absolute atomic E-state index is 0.116. The fourth-order valence-corrected chi connectivity index (χ4v) is 2.33. The summed E-state index contributed by atoms with van der Waals surface area (Å²) < 4.78 is 5.35. The van der Waals surface area contributed by atoms with Crippen LogP contribution in [-0.4, -0.2) is 13.0 Å². The normalized spacial score (nSPS) is 11.0. The Labute approximate surface area is 129 Å². The molecule has 0 spiro atoms. The fourth-order valence-electron chi connectivity index (χ4n) is 2.14. The highest BCUT2D eigenvalue weighted by molar-refractivity contribution is 6.30. The molecule has 3 nitrogen and oxygen atoms in total. The van der Waals surface area contributed by atoms with E-state index in [1.165, 1.54) is 0 Å². The Bertz CT molecular complexity index is 653. The third-order valence-corrected chi connectivity index (χ3v) is 3.67. The maximum atomic E-state index is 12.6. The molecule has 0 atom stereocenters. The summed E-state index contributed by atoms with van der Waals surface area (Å²) in [5.74, 6) is 0.581. The van der Waals surface area contributed by atoms with Crippen LogP contribution in [-0.2, 0) is 10.2 Å². The summed E-state index contributed by atoms with van der Waals surface area (Å²) >= 11 is 5.94. The topological polar surface area (TPSA) is 38.3 Å². The summed E-state index contributed by atoms with van der Waals surface area (Å²) in [7, 11) is 1.60. The third-order valence-electron chi connectivity index (χ3n) is 3.43. The minimum Gasteiger partial charge on any atom is -0.496 e. The summed E-state index contributed by atoms with van der Waals surface area (Å²) in [6, 6.07) is 14.6. The predicted octanol–water partition coefficient (Wildman–Crippen LogP) is 4.26. The first-order valence-corrected chi connectivity index (χ1v) is 7.03. The molecule has 21 heavy (non-hydrogen) atoms. The molecule has 0 unspecified atom stereocenters. The van der Waals surface area contributed by atoms with E-state index >= 15 is 0 Å². The molecular weight excluding hydrogens is 286 g/mol. The molecule has 0 fully saturated rings. The van der Waals surface area contributed by atoms with Crippen LogP contribution in [0.15, 0.2) is 48.5 Å². The van der Waals surface area contributed by atoms with Crippen LogP contribution in [0.3, 0.4) is 0 Å². The van der Waals surface area contributed by atoms with Crippen molar-refractivity contribution in [3.63, 3.8) is 0 Å². The number of rotatable bonds is 4. The number of anilines is 1. The van der Waals surface area contributed by atoms with Crippen molar-refractivity contribution >= 4 is 23.2 Å². The van der Waals surface area contributed by atoms with Crippen LogP contribution in [0.1, 0.15) is 19.4 Å². The number of carbonyl (C=O) groups is 1. The minimum atomic E-state index is -0.727. The van der Waals surface area contributed by atoms with Gasteiger partial charge in [0.2, 0.25) is 5.91 Å². The summed E-state index contributed by atoms with van der Waals surface area (Å²) in [5, 5.41) is 3.48. The Morgan fingerprint density at radius 3 is 2.52 bits per heavy atom. The van der Waals surface area contributed by atoms with Crippen LogP contribution in [0.25, 0.3) is 0 Å². The van der Waals surface area contributed by atoms with Crippen molar-refractivity contribution in [1.82, 2.24) is 0 Å². The molecule has 1 amide bonds. The highest BCUT2D eigenvalue weighted by Gasteiger charge is 2.32. The second kappa shape index (κ2) is 6.19. The van der Waals surface area contributed by atoms with Crippen molar-refractivity contribution in [3.05, 3.63) is 59.1 Å². The van der Waals surface area contributed by atoms with Crippen molar-refractivity contribution in [2.75, 3.05) is 12.4 Å². The monoisotopic (exact) mass is 303 g/mol. The first kappa shape index (κ1) is 15.4. The van der Waals surface area contributed by atoms with Gasteiger partial charge in [0.1, 0.15) is 5.75 Å². The standard InChI is InChI=1S/C17H18ClNO2/c1-17(2,14-9-4-5-10-15(14)21-3)16(20)19-13-8-6-7-12(18)11-13/h4-11H,1-3H3,(H,19,20). The van der Waals surface area contributed by atoms with Gasteiger partial charge in [0.05, 0.1) is 12.5 Å². The van der Waals surface area contributed by atoms with Crippen LogP contribution in [0.2, 0.25) is 5.02 Å². The molecule has 2 aromatic carbocycles.